The highest BCUT2D eigenvalue weighted by molar-refractivity contribution is 7.15. The van der Waals surface area contributed by atoms with Crippen molar-refractivity contribution in [3.63, 3.8) is 0 Å². The predicted octanol–water partition coefficient (Wildman–Crippen LogP) is 3.61. The quantitative estimate of drug-likeness (QED) is 0.696. The van der Waals surface area contributed by atoms with Crippen LogP contribution in [0.4, 0.5) is 9.52 Å². The summed E-state index contributed by atoms with van der Waals surface area (Å²) in [7, 11) is 0. The van der Waals surface area contributed by atoms with E-state index in [1.807, 2.05) is 12.3 Å². The minimum Gasteiger partial charge on any atom is -0.367 e. The minimum absolute atomic E-state index is 0.0168. The Kier molecular flexibility index (Phi) is 4.74. The zero-order valence-corrected chi connectivity index (χ0v) is 15.3. The van der Waals surface area contributed by atoms with E-state index < -0.39 is 0 Å². The summed E-state index contributed by atoms with van der Waals surface area (Å²) >= 11 is 3.21. The fourth-order valence-corrected chi connectivity index (χ4v) is 4.46. The molecule has 4 rings (SSSR count). The molecule has 1 aromatic carbocycles. The highest BCUT2D eigenvalue weighted by atomic mass is 32.1. The molecule has 0 bridgehead atoms. The lowest BCUT2D eigenvalue weighted by atomic mass is 10.2. The summed E-state index contributed by atoms with van der Waals surface area (Å²) in [5, 5.41) is 13.5. The van der Waals surface area contributed by atoms with E-state index in [0.29, 0.717) is 13.0 Å². The van der Waals surface area contributed by atoms with Crippen LogP contribution >= 0.6 is 22.7 Å². The Morgan fingerprint density at radius 1 is 1.28 bits per heavy atom. The Bertz CT molecular complexity index is 848. The molecule has 1 atom stereocenters. The monoisotopic (exact) mass is 376 g/mol. The van der Waals surface area contributed by atoms with Crippen LogP contribution < -0.4 is 4.90 Å². The van der Waals surface area contributed by atoms with Gasteiger partial charge in [0, 0.05) is 24.0 Å². The number of halogens is 1. The van der Waals surface area contributed by atoms with Crippen LogP contribution in [0.3, 0.4) is 0 Å². The molecule has 0 amide bonds. The fraction of sp³-hybridized carbons (Fsp3) is 0.353. The lowest BCUT2D eigenvalue weighted by Crippen LogP contribution is -2.38. The van der Waals surface area contributed by atoms with Crippen molar-refractivity contribution in [1.82, 2.24) is 15.2 Å². The standard InChI is InChI=1S/C17H17FN4OS2/c1-11-10-24-16(19-11)14-9-22(6-7-23-14)17-21-20-15(25-17)8-12-2-4-13(18)5-3-12/h2-5,10,14H,6-9H2,1H3. The van der Waals surface area contributed by atoms with Gasteiger partial charge in [0.1, 0.15) is 21.9 Å². The van der Waals surface area contributed by atoms with Crippen molar-refractivity contribution in [3.8, 4) is 0 Å². The first-order chi connectivity index (χ1) is 12.2. The second kappa shape index (κ2) is 7.15. The average molecular weight is 376 g/mol. The van der Waals surface area contributed by atoms with Gasteiger partial charge in [0.15, 0.2) is 0 Å². The molecule has 1 unspecified atom stereocenters. The summed E-state index contributed by atoms with van der Waals surface area (Å²) in [5.41, 5.74) is 2.06. The van der Waals surface area contributed by atoms with Gasteiger partial charge in [-0.15, -0.1) is 21.5 Å². The van der Waals surface area contributed by atoms with E-state index in [1.54, 1.807) is 34.8 Å². The molecule has 1 saturated heterocycles. The molecule has 8 heteroatoms. The summed E-state index contributed by atoms with van der Waals surface area (Å²) in [4.78, 5) is 6.74. The van der Waals surface area contributed by atoms with E-state index >= 15 is 0 Å². The molecule has 130 valence electrons. The first-order valence-corrected chi connectivity index (χ1v) is 9.72. The van der Waals surface area contributed by atoms with Gasteiger partial charge in [-0.1, -0.05) is 23.5 Å². The summed E-state index contributed by atoms with van der Waals surface area (Å²) < 4.78 is 18.9. The van der Waals surface area contributed by atoms with E-state index in [1.165, 1.54) is 12.1 Å². The number of nitrogens with zero attached hydrogens (tertiary/aromatic N) is 4. The van der Waals surface area contributed by atoms with Crippen molar-refractivity contribution in [2.75, 3.05) is 24.6 Å². The molecule has 1 aliphatic heterocycles. The summed E-state index contributed by atoms with van der Waals surface area (Å²) in [6.45, 7) is 4.17. The van der Waals surface area contributed by atoms with Crippen LogP contribution in [0.5, 0.6) is 0 Å². The Labute approximate surface area is 153 Å². The predicted molar refractivity (Wildman–Crippen MR) is 96.9 cm³/mol. The van der Waals surface area contributed by atoms with Gasteiger partial charge in [0.2, 0.25) is 5.13 Å². The second-order valence-corrected chi connectivity index (χ2v) is 7.84. The number of rotatable bonds is 4. The van der Waals surface area contributed by atoms with Gasteiger partial charge < -0.3 is 9.64 Å². The van der Waals surface area contributed by atoms with Crippen LogP contribution in [-0.2, 0) is 11.2 Å². The maximum absolute atomic E-state index is 13.0. The van der Waals surface area contributed by atoms with Crippen molar-refractivity contribution in [2.45, 2.75) is 19.4 Å². The zero-order chi connectivity index (χ0) is 17.2. The third-order valence-corrected chi connectivity index (χ3v) is 6.01. The normalized spacial score (nSPS) is 17.8. The topological polar surface area (TPSA) is 51.1 Å². The number of aromatic nitrogens is 3. The summed E-state index contributed by atoms with van der Waals surface area (Å²) in [5.74, 6) is -0.224. The fourth-order valence-electron chi connectivity index (χ4n) is 2.71. The Morgan fingerprint density at radius 2 is 2.12 bits per heavy atom. The number of benzene rings is 1. The van der Waals surface area contributed by atoms with Gasteiger partial charge in [0.05, 0.1) is 13.2 Å². The van der Waals surface area contributed by atoms with Crippen LogP contribution in [-0.4, -0.2) is 34.9 Å². The number of aryl methyl sites for hydroxylation is 1. The number of ether oxygens (including phenoxy) is 1. The molecule has 0 N–H and O–H groups in total. The molecule has 2 aromatic heterocycles. The molecule has 0 radical (unpaired) electrons. The molecular weight excluding hydrogens is 359 g/mol. The van der Waals surface area contributed by atoms with Crippen molar-refractivity contribution in [3.05, 3.63) is 56.7 Å². The van der Waals surface area contributed by atoms with Crippen LogP contribution in [0.2, 0.25) is 0 Å². The minimum atomic E-state index is -0.224. The third kappa shape index (κ3) is 3.86. The van der Waals surface area contributed by atoms with Crippen molar-refractivity contribution in [2.24, 2.45) is 0 Å². The number of thiazole rings is 1. The smallest absolute Gasteiger partial charge is 0.208 e. The van der Waals surface area contributed by atoms with Crippen LogP contribution in [0.15, 0.2) is 29.6 Å². The lowest BCUT2D eigenvalue weighted by Gasteiger charge is -2.31. The van der Waals surface area contributed by atoms with Crippen molar-refractivity contribution in [1.29, 1.82) is 0 Å². The molecule has 0 aliphatic carbocycles. The van der Waals surface area contributed by atoms with E-state index in [0.717, 1.165) is 39.5 Å². The SMILES string of the molecule is Cc1csc(C2CN(c3nnc(Cc4ccc(F)cc4)s3)CCO2)n1. The lowest BCUT2D eigenvalue weighted by molar-refractivity contribution is 0.0395. The van der Waals surface area contributed by atoms with Crippen molar-refractivity contribution >= 4 is 27.8 Å². The Balaban J connectivity index is 1.45. The van der Waals surface area contributed by atoms with Crippen molar-refractivity contribution < 1.29 is 9.13 Å². The van der Waals surface area contributed by atoms with Gasteiger partial charge in [-0.3, -0.25) is 0 Å². The van der Waals surface area contributed by atoms with E-state index in [-0.39, 0.29) is 11.9 Å². The van der Waals surface area contributed by atoms with E-state index in [9.17, 15) is 4.39 Å². The molecular formula is C17H17FN4OS2. The molecule has 5 nitrogen and oxygen atoms in total. The second-order valence-electron chi connectivity index (χ2n) is 5.91. The molecule has 3 heterocycles. The molecule has 0 saturated carbocycles. The highest BCUT2D eigenvalue weighted by Gasteiger charge is 2.26. The van der Waals surface area contributed by atoms with Gasteiger partial charge >= 0.3 is 0 Å². The zero-order valence-electron chi connectivity index (χ0n) is 13.7. The first kappa shape index (κ1) is 16.6. The molecule has 3 aromatic rings. The summed E-state index contributed by atoms with van der Waals surface area (Å²) in [6.07, 6.45) is 0.647. The van der Waals surface area contributed by atoms with E-state index in [2.05, 4.69) is 20.1 Å². The van der Waals surface area contributed by atoms with Gasteiger partial charge in [-0.05, 0) is 24.6 Å². The molecule has 1 fully saturated rings. The molecule has 1 aliphatic rings. The van der Waals surface area contributed by atoms with Gasteiger partial charge in [-0.25, -0.2) is 9.37 Å². The number of morpholine rings is 1. The molecule has 0 spiro atoms. The molecule has 25 heavy (non-hydrogen) atoms. The Hall–Kier alpha value is -1.90. The van der Waals surface area contributed by atoms with E-state index in [4.69, 9.17) is 4.74 Å². The Morgan fingerprint density at radius 3 is 2.88 bits per heavy atom. The number of anilines is 1. The largest absolute Gasteiger partial charge is 0.367 e. The third-order valence-electron chi connectivity index (χ3n) is 3.97. The maximum atomic E-state index is 13.0. The van der Waals surface area contributed by atoms with Crippen LogP contribution in [0, 0.1) is 12.7 Å². The highest BCUT2D eigenvalue weighted by Crippen LogP contribution is 2.30. The van der Waals surface area contributed by atoms with Gasteiger partial charge in [0.25, 0.3) is 0 Å². The summed E-state index contributed by atoms with van der Waals surface area (Å²) in [6, 6.07) is 6.51. The number of hydrogen-bond donors (Lipinski definition) is 0. The first-order valence-electron chi connectivity index (χ1n) is 8.03. The van der Waals surface area contributed by atoms with Gasteiger partial charge in [-0.2, -0.15) is 0 Å². The number of hydrogen-bond acceptors (Lipinski definition) is 7. The van der Waals surface area contributed by atoms with Crippen LogP contribution in [0.1, 0.15) is 27.4 Å². The average Bonchev–Trinajstić information content (AvgIpc) is 3.26. The maximum Gasteiger partial charge on any atom is 0.208 e. The van der Waals surface area contributed by atoms with Crippen LogP contribution in [0.25, 0.3) is 0 Å².